The molecule has 26 heavy (non-hydrogen) atoms. The smallest absolute Gasteiger partial charge is 0.319 e. The van der Waals surface area contributed by atoms with Crippen LogP contribution in [0.4, 0.5) is 14.9 Å². The van der Waals surface area contributed by atoms with Gasteiger partial charge in [0.25, 0.3) is 5.91 Å². The van der Waals surface area contributed by atoms with Crippen LogP contribution < -0.4 is 20.7 Å². The Morgan fingerprint density at radius 1 is 1.12 bits per heavy atom. The lowest BCUT2D eigenvalue weighted by Crippen LogP contribution is -2.34. The summed E-state index contributed by atoms with van der Waals surface area (Å²) in [4.78, 5) is 23.7. The van der Waals surface area contributed by atoms with E-state index in [1.54, 1.807) is 36.4 Å². The molecule has 7 heteroatoms. The van der Waals surface area contributed by atoms with Gasteiger partial charge in [0.05, 0.1) is 6.54 Å². The first-order chi connectivity index (χ1) is 12.4. The highest BCUT2D eigenvalue weighted by Crippen LogP contribution is 2.12. The van der Waals surface area contributed by atoms with E-state index in [0.717, 1.165) is 0 Å². The molecule has 0 bridgehead atoms. The Morgan fingerprint density at radius 2 is 1.85 bits per heavy atom. The predicted octanol–water partition coefficient (Wildman–Crippen LogP) is 3.16. The average Bonchev–Trinajstić information content (AvgIpc) is 2.58. The Kier molecular flexibility index (Phi) is 6.96. The topological polar surface area (TPSA) is 79.5 Å². The lowest BCUT2D eigenvalue weighted by Gasteiger charge is -2.11. The summed E-state index contributed by atoms with van der Waals surface area (Å²) in [6.45, 7) is 4.24. The maximum absolute atomic E-state index is 13.0. The van der Waals surface area contributed by atoms with E-state index in [-0.39, 0.29) is 36.9 Å². The molecule has 0 aliphatic rings. The second-order valence-electron chi connectivity index (χ2n) is 5.89. The third-order valence-electron chi connectivity index (χ3n) is 3.28. The number of carbonyl (C=O) groups excluding carboxylic acids is 2. The largest absolute Gasteiger partial charge is 0.492 e. The van der Waals surface area contributed by atoms with Gasteiger partial charge in [-0.25, -0.2) is 9.18 Å². The van der Waals surface area contributed by atoms with Crippen molar-refractivity contribution < 1.29 is 18.7 Å². The Bertz CT molecular complexity index is 748. The molecule has 2 rings (SSSR count). The molecule has 0 aromatic heterocycles. The standard InChI is InChI=1S/C19H22FN3O3/c1-13(2)22-19(25)23-16-8-6-14(7-9-16)18(24)21-10-11-26-17-5-3-4-15(20)12-17/h3-9,12-13H,10-11H2,1-2H3,(H,21,24)(H2,22,23,25). The summed E-state index contributed by atoms with van der Waals surface area (Å²) in [7, 11) is 0. The van der Waals surface area contributed by atoms with Crippen LogP contribution in [0.1, 0.15) is 24.2 Å². The molecule has 0 aliphatic carbocycles. The van der Waals surface area contributed by atoms with E-state index in [1.807, 2.05) is 13.8 Å². The highest BCUT2D eigenvalue weighted by Gasteiger charge is 2.07. The molecule has 2 aromatic rings. The zero-order valence-electron chi connectivity index (χ0n) is 14.7. The molecule has 138 valence electrons. The molecule has 0 radical (unpaired) electrons. The summed E-state index contributed by atoms with van der Waals surface area (Å²) in [5, 5.41) is 8.11. The van der Waals surface area contributed by atoms with Crippen molar-refractivity contribution >= 4 is 17.6 Å². The van der Waals surface area contributed by atoms with Crippen molar-refractivity contribution in [3.63, 3.8) is 0 Å². The summed E-state index contributed by atoms with van der Waals surface area (Å²) in [5.74, 6) is -0.220. The first-order valence-electron chi connectivity index (χ1n) is 8.28. The fourth-order valence-electron chi connectivity index (χ4n) is 2.13. The van der Waals surface area contributed by atoms with Crippen molar-refractivity contribution in [3.05, 3.63) is 59.9 Å². The van der Waals surface area contributed by atoms with Crippen LogP contribution in [0.2, 0.25) is 0 Å². The van der Waals surface area contributed by atoms with Gasteiger partial charge >= 0.3 is 6.03 Å². The molecular weight excluding hydrogens is 337 g/mol. The number of amides is 3. The van der Waals surface area contributed by atoms with Crippen molar-refractivity contribution in [2.24, 2.45) is 0 Å². The number of anilines is 1. The van der Waals surface area contributed by atoms with E-state index >= 15 is 0 Å². The van der Waals surface area contributed by atoms with Gasteiger partial charge in [-0.15, -0.1) is 0 Å². The van der Waals surface area contributed by atoms with Gasteiger partial charge in [-0.1, -0.05) is 6.07 Å². The summed E-state index contributed by atoms with van der Waals surface area (Å²) in [6.07, 6.45) is 0. The minimum Gasteiger partial charge on any atom is -0.492 e. The zero-order chi connectivity index (χ0) is 18.9. The van der Waals surface area contributed by atoms with Gasteiger partial charge in [0, 0.05) is 23.4 Å². The molecule has 0 saturated heterocycles. The fraction of sp³-hybridized carbons (Fsp3) is 0.263. The Balaban J connectivity index is 1.76. The first-order valence-corrected chi connectivity index (χ1v) is 8.28. The van der Waals surface area contributed by atoms with Crippen LogP contribution in [-0.4, -0.2) is 31.1 Å². The summed E-state index contributed by atoms with van der Waals surface area (Å²) in [5.41, 5.74) is 1.06. The molecule has 2 aromatic carbocycles. The van der Waals surface area contributed by atoms with Crippen LogP contribution in [0, 0.1) is 5.82 Å². The number of halogens is 1. The zero-order valence-corrected chi connectivity index (χ0v) is 14.7. The Morgan fingerprint density at radius 3 is 2.50 bits per heavy atom. The normalized spacial score (nSPS) is 10.3. The Labute approximate surface area is 151 Å². The predicted molar refractivity (Wildman–Crippen MR) is 98.0 cm³/mol. The summed E-state index contributed by atoms with van der Waals surface area (Å²) < 4.78 is 18.4. The molecule has 3 N–H and O–H groups in total. The van der Waals surface area contributed by atoms with Gasteiger partial charge in [0.1, 0.15) is 18.2 Å². The number of urea groups is 1. The van der Waals surface area contributed by atoms with Crippen molar-refractivity contribution in [2.45, 2.75) is 19.9 Å². The second kappa shape index (κ2) is 9.41. The number of hydrogen-bond donors (Lipinski definition) is 3. The van der Waals surface area contributed by atoms with E-state index in [1.165, 1.54) is 12.1 Å². The van der Waals surface area contributed by atoms with Gasteiger partial charge in [-0.05, 0) is 50.2 Å². The van der Waals surface area contributed by atoms with Crippen molar-refractivity contribution in [2.75, 3.05) is 18.5 Å². The number of rotatable bonds is 7. The van der Waals surface area contributed by atoms with Gasteiger partial charge in [0.2, 0.25) is 0 Å². The third kappa shape index (κ3) is 6.43. The number of benzene rings is 2. The molecule has 0 saturated carbocycles. The van der Waals surface area contributed by atoms with E-state index in [9.17, 15) is 14.0 Å². The number of carbonyl (C=O) groups is 2. The first kappa shape index (κ1) is 19.2. The van der Waals surface area contributed by atoms with Gasteiger partial charge < -0.3 is 20.7 Å². The number of ether oxygens (including phenoxy) is 1. The summed E-state index contributed by atoms with van der Waals surface area (Å²) >= 11 is 0. The van der Waals surface area contributed by atoms with Gasteiger partial charge in [0.15, 0.2) is 0 Å². The van der Waals surface area contributed by atoms with Gasteiger partial charge in [-0.3, -0.25) is 4.79 Å². The van der Waals surface area contributed by atoms with E-state index in [2.05, 4.69) is 16.0 Å². The fourth-order valence-corrected chi connectivity index (χ4v) is 2.13. The van der Waals surface area contributed by atoms with Crippen molar-refractivity contribution in [3.8, 4) is 5.75 Å². The maximum atomic E-state index is 13.0. The molecule has 0 heterocycles. The molecule has 0 atom stereocenters. The molecule has 0 aliphatic heterocycles. The molecule has 0 unspecified atom stereocenters. The van der Waals surface area contributed by atoms with Crippen molar-refractivity contribution in [1.82, 2.24) is 10.6 Å². The quantitative estimate of drug-likeness (QED) is 0.665. The third-order valence-corrected chi connectivity index (χ3v) is 3.28. The number of nitrogens with one attached hydrogen (secondary N) is 3. The van der Waals surface area contributed by atoms with Crippen LogP contribution in [0.15, 0.2) is 48.5 Å². The minimum absolute atomic E-state index is 0.0367. The SMILES string of the molecule is CC(C)NC(=O)Nc1ccc(C(=O)NCCOc2cccc(F)c2)cc1. The molecular formula is C19H22FN3O3. The average molecular weight is 359 g/mol. The van der Waals surface area contributed by atoms with Crippen LogP contribution >= 0.6 is 0 Å². The van der Waals surface area contributed by atoms with E-state index in [4.69, 9.17) is 4.74 Å². The molecule has 0 spiro atoms. The van der Waals surface area contributed by atoms with E-state index < -0.39 is 0 Å². The highest BCUT2D eigenvalue weighted by molar-refractivity contribution is 5.95. The van der Waals surface area contributed by atoms with Crippen LogP contribution in [-0.2, 0) is 0 Å². The molecule has 0 fully saturated rings. The minimum atomic E-state index is -0.373. The monoisotopic (exact) mass is 359 g/mol. The summed E-state index contributed by atoms with van der Waals surface area (Å²) in [6, 6.07) is 12.1. The van der Waals surface area contributed by atoms with Gasteiger partial charge in [-0.2, -0.15) is 0 Å². The Hall–Kier alpha value is -3.09. The van der Waals surface area contributed by atoms with E-state index in [0.29, 0.717) is 17.0 Å². The molecule has 3 amide bonds. The molecule has 6 nitrogen and oxygen atoms in total. The lowest BCUT2D eigenvalue weighted by atomic mass is 10.2. The van der Waals surface area contributed by atoms with Crippen LogP contribution in [0.5, 0.6) is 5.75 Å². The number of hydrogen-bond acceptors (Lipinski definition) is 3. The lowest BCUT2D eigenvalue weighted by molar-refractivity contribution is 0.0947. The second-order valence-corrected chi connectivity index (χ2v) is 5.89. The van der Waals surface area contributed by atoms with Crippen LogP contribution in [0.3, 0.4) is 0 Å². The highest BCUT2D eigenvalue weighted by atomic mass is 19.1. The van der Waals surface area contributed by atoms with Crippen molar-refractivity contribution in [1.29, 1.82) is 0 Å². The maximum Gasteiger partial charge on any atom is 0.319 e. The van der Waals surface area contributed by atoms with Crippen LogP contribution in [0.25, 0.3) is 0 Å².